The molecular formula is C19H13Cl2N3. The first-order chi connectivity index (χ1) is 11.6. The summed E-state index contributed by atoms with van der Waals surface area (Å²) in [6.45, 7) is 2.00. The van der Waals surface area contributed by atoms with Crippen LogP contribution in [-0.4, -0.2) is 14.8 Å². The zero-order valence-electron chi connectivity index (χ0n) is 12.9. The molecule has 0 amide bonds. The predicted molar refractivity (Wildman–Crippen MR) is 99.1 cm³/mol. The van der Waals surface area contributed by atoms with Crippen molar-refractivity contribution >= 4 is 34.2 Å². The molecule has 0 radical (unpaired) electrons. The van der Waals surface area contributed by atoms with Crippen LogP contribution in [0.1, 0.15) is 5.69 Å². The van der Waals surface area contributed by atoms with Gasteiger partial charge < -0.3 is 0 Å². The number of nitrogens with zero attached hydrogens (tertiary/aromatic N) is 3. The summed E-state index contributed by atoms with van der Waals surface area (Å²) >= 11 is 12.0. The average molecular weight is 354 g/mol. The highest BCUT2D eigenvalue weighted by atomic mass is 35.5. The van der Waals surface area contributed by atoms with Gasteiger partial charge >= 0.3 is 0 Å². The normalized spacial score (nSPS) is 11.1. The Morgan fingerprint density at radius 1 is 0.833 bits per heavy atom. The van der Waals surface area contributed by atoms with Gasteiger partial charge in [-0.25, -0.2) is 9.67 Å². The molecule has 2 aromatic carbocycles. The van der Waals surface area contributed by atoms with E-state index in [-0.39, 0.29) is 0 Å². The molecule has 24 heavy (non-hydrogen) atoms. The first-order valence-electron chi connectivity index (χ1n) is 7.50. The minimum atomic E-state index is 0.696. The number of hydrogen-bond acceptors (Lipinski definition) is 2. The molecule has 2 heterocycles. The van der Waals surface area contributed by atoms with E-state index in [1.807, 2.05) is 66.2 Å². The fourth-order valence-electron chi connectivity index (χ4n) is 2.85. The Balaban J connectivity index is 1.95. The maximum atomic E-state index is 6.01. The Morgan fingerprint density at radius 3 is 2.12 bits per heavy atom. The molecule has 0 bridgehead atoms. The van der Waals surface area contributed by atoms with E-state index < -0.39 is 0 Å². The molecule has 5 heteroatoms. The van der Waals surface area contributed by atoms with Gasteiger partial charge in [-0.3, -0.25) is 0 Å². The summed E-state index contributed by atoms with van der Waals surface area (Å²) in [5.41, 5.74) is 4.86. The van der Waals surface area contributed by atoms with Crippen LogP contribution in [0.3, 0.4) is 0 Å². The summed E-state index contributed by atoms with van der Waals surface area (Å²) in [6.07, 6.45) is 1.81. The Bertz CT molecular complexity index is 1020. The Kier molecular flexibility index (Phi) is 3.75. The monoisotopic (exact) mass is 353 g/mol. The molecule has 0 saturated carbocycles. The molecule has 0 saturated heterocycles. The maximum Gasteiger partial charge on any atom is 0.163 e. The fraction of sp³-hybridized carbons (Fsp3) is 0.0526. The second-order valence-electron chi connectivity index (χ2n) is 5.54. The van der Waals surface area contributed by atoms with E-state index in [2.05, 4.69) is 10.1 Å². The first-order valence-corrected chi connectivity index (χ1v) is 8.25. The molecule has 0 unspecified atom stereocenters. The first kappa shape index (κ1) is 15.2. The number of benzene rings is 2. The quantitative estimate of drug-likeness (QED) is 0.462. The third-order valence-corrected chi connectivity index (χ3v) is 4.47. The van der Waals surface area contributed by atoms with Gasteiger partial charge in [0.25, 0.3) is 0 Å². The highest BCUT2D eigenvalue weighted by Crippen LogP contribution is 2.31. The third kappa shape index (κ3) is 2.56. The molecule has 3 nitrogen and oxygen atoms in total. The molecule has 0 aliphatic heterocycles. The van der Waals surface area contributed by atoms with E-state index in [9.17, 15) is 0 Å². The predicted octanol–water partition coefficient (Wildman–Crippen LogP) is 5.70. The molecule has 0 aliphatic carbocycles. The minimum Gasteiger partial charge on any atom is -0.236 e. The van der Waals surface area contributed by atoms with E-state index >= 15 is 0 Å². The molecule has 0 fully saturated rings. The number of pyridine rings is 1. The zero-order valence-corrected chi connectivity index (χ0v) is 14.4. The number of hydrogen-bond donors (Lipinski definition) is 0. The van der Waals surface area contributed by atoms with Gasteiger partial charge in [-0.1, -0.05) is 35.3 Å². The Morgan fingerprint density at radius 2 is 1.46 bits per heavy atom. The van der Waals surface area contributed by atoms with E-state index in [1.165, 1.54) is 0 Å². The summed E-state index contributed by atoms with van der Waals surface area (Å²) in [5, 5.41) is 7.13. The summed E-state index contributed by atoms with van der Waals surface area (Å²) < 4.78 is 1.85. The van der Waals surface area contributed by atoms with Crippen LogP contribution in [0, 0.1) is 6.92 Å². The highest BCUT2D eigenvalue weighted by Gasteiger charge is 2.15. The molecule has 4 rings (SSSR count). The van der Waals surface area contributed by atoms with Crippen LogP contribution < -0.4 is 0 Å². The molecule has 0 aliphatic rings. The second-order valence-corrected chi connectivity index (χ2v) is 6.41. The van der Waals surface area contributed by atoms with Crippen molar-refractivity contribution in [2.75, 3.05) is 0 Å². The van der Waals surface area contributed by atoms with Gasteiger partial charge in [0.15, 0.2) is 5.65 Å². The van der Waals surface area contributed by atoms with Gasteiger partial charge in [0.2, 0.25) is 0 Å². The van der Waals surface area contributed by atoms with Crippen molar-refractivity contribution in [2.24, 2.45) is 0 Å². The van der Waals surface area contributed by atoms with E-state index in [0.29, 0.717) is 5.02 Å². The lowest BCUT2D eigenvalue weighted by molar-refractivity contribution is 0.878. The van der Waals surface area contributed by atoms with Gasteiger partial charge in [0.1, 0.15) is 0 Å². The Hall–Kier alpha value is -2.36. The number of aryl methyl sites for hydroxylation is 1. The maximum absolute atomic E-state index is 6.01. The topological polar surface area (TPSA) is 30.7 Å². The molecule has 2 aromatic heterocycles. The van der Waals surface area contributed by atoms with Crippen LogP contribution in [0.2, 0.25) is 10.0 Å². The van der Waals surface area contributed by atoms with E-state index in [1.54, 1.807) is 6.20 Å². The van der Waals surface area contributed by atoms with Crippen molar-refractivity contribution in [1.29, 1.82) is 0 Å². The van der Waals surface area contributed by atoms with Gasteiger partial charge in [-0.05, 0) is 60.5 Å². The SMILES string of the molecule is Cc1nn(-c2ccc(Cl)cc2)c2nccc(-c3ccc(Cl)cc3)c12. The third-order valence-electron chi connectivity index (χ3n) is 3.97. The summed E-state index contributed by atoms with van der Waals surface area (Å²) in [6, 6.07) is 17.4. The van der Waals surface area contributed by atoms with Crippen LogP contribution in [-0.2, 0) is 0 Å². The van der Waals surface area contributed by atoms with Gasteiger partial charge in [-0.2, -0.15) is 5.10 Å². The smallest absolute Gasteiger partial charge is 0.163 e. The van der Waals surface area contributed by atoms with E-state index in [4.69, 9.17) is 23.2 Å². The molecule has 118 valence electrons. The summed E-state index contributed by atoms with van der Waals surface area (Å²) in [5.74, 6) is 0. The zero-order chi connectivity index (χ0) is 16.7. The van der Waals surface area contributed by atoms with Crippen LogP contribution in [0.4, 0.5) is 0 Å². The van der Waals surface area contributed by atoms with Crippen molar-refractivity contribution in [3.63, 3.8) is 0 Å². The van der Waals surface area contributed by atoms with Crippen molar-refractivity contribution in [2.45, 2.75) is 6.92 Å². The molecule has 0 N–H and O–H groups in total. The fourth-order valence-corrected chi connectivity index (χ4v) is 3.10. The van der Waals surface area contributed by atoms with Gasteiger partial charge in [-0.15, -0.1) is 0 Å². The summed E-state index contributed by atoms with van der Waals surface area (Å²) in [4.78, 5) is 4.55. The van der Waals surface area contributed by atoms with Crippen LogP contribution in [0.15, 0.2) is 60.8 Å². The number of halogens is 2. The van der Waals surface area contributed by atoms with Gasteiger partial charge in [0.05, 0.1) is 16.8 Å². The lowest BCUT2D eigenvalue weighted by Crippen LogP contribution is -1.97. The molecule has 0 spiro atoms. The minimum absolute atomic E-state index is 0.696. The molecule has 0 atom stereocenters. The molecular weight excluding hydrogens is 341 g/mol. The standard InChI is InChI=1S/C19H13Cl2N3/c1-12-18-17(13-2-4-14(20)5-3-13)10-11-22-19(18)24(23-12)16-8-6-15(21)7-9-16/h2-11H,1H3. The van der Waals surface area contributed by atoms with Crippen molar-refractivity contribution in [3.8, 4) is 16.8 Å². The van der Waals surface area contributed by atoms with Crippen molar-refractivity contribution in [1.82, 2.24) is 14.8 Å². The highest BCUT2D eigenvalue weighted by molar-refractivity contribution is 6.30. The van der Waals surface area contributed by atoms with E-state index in [0.717, 1.165) is 38.6 Å². The number of rotatable bonds is 2. The number of fused-ring (bicyclic) bond motifs is 1. The summed E-state index contributed by atoms with van der Waals surface area (Å²) in [7, 11) is 0. The van der Waals surface area contributed by atoms with Crippen LogP contribution in [0.25, 0.3) is 27.8 Å². The van der Waals surface area contributed by atoms with Crippen LogP contribution >= 0.6 is 23.2 Å². The average Bonchev–Trinajstić information content (AvgIpc) is 2.94. The van der Waals surface area contributed by atoms with Crippen molar-refractivity contribution < 1.29 is 0 Å². The second kappa shape index (κ2) is 5.93. The lowest BCUT2D eigenvalue weighted by Gasteiger charge is -2.06. The molecule has 4 aromatic rings. The largest absolute Gasteiger partial charge is 0.236 e. The van der Waals surface area contributed by atoms with Gasteiger partial charge in [0, 0.05) is 16.2 Å². The lowest BCUT2D eigenvalue weighted by atomic mass is 10.0. The Labute approximate surface area is 149 Å². The van der Waals surface area contributed by atoms with Crippen LogP contribution in [0.5, 0.6) is 0 Å². The number of aromatic nitrogens is 3. The van der Waals surface area contributed by atoms with Crippen molar-refractivity contribution in [3.05, 3.63) is 76.5 Å².